The van der Waals surface area contributed by atoms with Crippen molar-refractivity contribution < 1.29 is 0 Å². The second-order valence-corrected chi connectivity index (χ2v) is 4.90. The average Bonchev–Trinajstić information content (AvgIpc) is 3.01. The van der Waals surface area contributed by atoms with E-state index in [1.807, 2.05) is 28.8 Å². The van der Waals surface area contributed by atoms with E-state index in [-0.39, 0.29) is 6.04 Å². The van der Waals surface area contributed by atoms with Gasteiger partial charge in [-0.05, 0) is 37.8 Å². The Morgan fingerprint density at radius 1 is 1.37 bits per heavy atom. The summed E-state index contributed by atoms with van der Waals surface area (Å²) in [6, 6.07) is 2.17. The third-order valence-electron chi connectivity index (χ3n) is 3.41. The van der Waals surface area contributed by atoms with Gasteiger partial charge in [0, 0.05) is 25.8 Å². The molecule has 0 radical (unpaired) electrons. The highest BCUT2D eigenvalue weighted by Gasteiger charge is 2.13. The van der Waals surface area contributed by atoms with Crippen LogP contribution in [0, 0.1) is 0 Å². The number of aryl methyl sites for hydroxylation is 4. The van der Waals surface area contributed by atoms with Gasteiger partial charge in [-0.15, -0.1) is 0 Å². The van der Waals surface area contributed by atoms with Crippen molar-refractivity contribution in [2.45, 2.75) is 45.7 Å². The zero-order valence-electron chi connectivity index (χ0n) is 12.0. The number of hydrogen-bond acceptors (Lipinski definition) is 3. The molecular weight excluding hydrogens is 238 g/mol. The van der Waals surface area contributed by atoms with Crippen molar-refractivity contribution in [1.29, 1.82) is 0 Å². The Bertz CT molecular complexity index is 526. The number of nitrogens with two attached hydrogens (primary N) is 1. The van der Waals surface area contributed by atoms with E-state index in [2.05, 4.69) is 30.1 Å². The van der Waals surface area contributed by atoms with E-state index in [9.17, 15) is 0 Å². The zero-order chi connectivity index (χ0) is 13.8. The van der Waals surface area contributed by atoms with Gasteiger partial charge in [0.15, 0.2) is 0 Å². The molecule has 0 aliphatic rings. The van der Waals surface area contributed by atoms with Gasteiger partial charge < -0.3 is 5.73 Å². The standard InChI is InChI=1S/C14H23N5/c1-4-12-8-14(19(5-2)17-12)13(15)7-6-11-9-16-18(3)10-11/h8-10,13H,4-7,15H2,1-3H3. The molecule has 104 valence electrons. The molecule has 1 unspecified atom stereocenters. The quantitative estimate of drug-likeness (QED) is 0.863. The Morgan fingerprint density at radius 2 is 2.16 bits per heavy atom. The smallest absolute Gasteiger partial charge is 0.0625 e. The first-order chi connectivity index (χ1) is 9.13. The van der Waals surface area contributed by atoms with E-state index in [1.165, 1.54) is 5.56 Å². The van der Waals surface area contributed by atoms with Crippen LogP contribution in [0.25, 0.3) is 0 Å². The van der Waals surface area contributed by atoms with Crippen LogP contribution in [0.5, 0.6) is 0 Å². The van der Waals surface area contributed by atoms with E-state index in [1.54, 1.807) is 0 Å². The molecule has 0 aliphatic heterocycles. The molecule has 5 heteroatoms. The first kappa shape index (κ1) is 13.8. The van der Waals surface area contributed by atoms with E-state index >= 15 is 0 Å². The van der Waals surface area contributed by atoms with Gasteiger partial charge in [-0.3, -0.25) is 9.36 Å². The van der Waals surface area contributed by atoms with E-state index < -0.39 is 0 Å². The molecule has 2 aromatic rings. The van der Waals surface area contributed by atoms with Crippen molar-refractivity contribution in [1.82, 2.24) is 19.6 Å². The molecule has 1 atom stereocenters. The average molecular weight is 261 g/mol. The van der Waals surface area contributed by atoms with Crippen molar-refractivity contribution in [3.63, 3.8) is 0 Å². The van der Waals surface area contributed by atoms with Gasteiger partial charge in [-0.2, -0.15) is 10.2 Å². The largest absolute Gasteiger partial charge is 0.323 e. The zero-order valence-corrected chi connectivity index (χ0v) is 12.0. The Hall–Kier alpha value is -1.62. The van der Waals surface area contributed by atoms with Crippen molar-refractivity contribution in [2.24, 2.45) is 12.8 Å². The van der Waals surface area contributed by atoms with Crippen molar-refractivity contribution in [3.8, 4) is 0 Å². The number of hydrogen-bond donors (Lipinski definition) is 1. The first-order valence-corrected chi connectivity index (χ1v) is 6.93. The van der Waals surface area contributed by atoms with Crippen molar-refractivity contribution in [3.05, 3.63) is 35.4 Å². The maximum absolute atomic E-state index is 6.31. The third-order valence-corrected chi connectivity index (χ3v) is 3.41. The summed E-state index contributed by atoms with van der Waals surface area (Å²) in [6.07, 6.45) is 6.77. The number of nitrogens with zero attached hydrogens (tertiary/aromatic N) is 4. The second kappa shape index (κ2) is 6.02. The molecule has 2 N–H and O–H groups in total. The number of rotatable bonds is 6. The van der Waals surface area contributed by atoms with Crippen LogP contribution in [0.2, 0.25) is 0 Å². The summed E-state index contributed by atoms with van der Waals surface area (Å²) in [6.45, 7) is 5.09. The molecule has 2 rings (SSSR count). The summed E-state index contributed by atoms with van der Waals surface area (Å²) in [4.78, 5) is 0. The summed E-state index contributed by atoms with van der Waals surface area (Å²) in [7, 11) is 1.93. The van der Waals surface area contributed by atoms with Gasteiger partial charge >= 0.3 is 0 Å². The molecule has 0 aromatic carbocycles. The summed E-state index contributed by atoms with van der Waals surface area (Å²) in [5, 5.41) is 8.72. The van der Waals surface area contributed by atoms with Crippen LogP contribution in [0.3, 0.4) is 0 Å². The van der Waals surface area contributed by atoms with Gasteiger partial charge in [0.05, 0.1) is 17.6 Å². The molecular formula is C14H23N5. The molecule has 0 amide bonds. The first-order valence-electron chi connectivity index (χ1n) is 6.93. The predicted octanol–water partition coefficient (Wildman–Crippen LogP) is 1.83. The van der Waals surface area contributed by atoms with Crippen molar-refractivity contribution >= 4 is 0 Å². The van der Waals surface area contributed by atoms with Crippen LogP contribution in [0.1, 0.15) is 43.3 Å². The fraction of sp³-hybridized carbons (Fsp3) is 0.571. The highest BCUT2D eigenvalue weighted by atomic mass is 15.3. The van der Waals surface area contributed by atoms with Crippen molar-refractivity contribution in [2.75, 3.05) is 0 Å². The minimum absolute atomic E-state index is 0.0351. The van der Waals surface area contributed by atoms with Crippen LogP contribution in [-0.4, -0.2) is 19.6 Å². The van der Waals surface area contributed by atoms with Gasteiger partial charge in [0.2, 0.25) is 0 Å². The second-order valence-electron chi connectivity index (χ2n) is 4.90. The molecule has 2 aromatic heterocycles. The van der Waals surface area contributed by atoms with Gasteiger partial charge in [-0.1, -0.05) is 6.92 Å². The molecule has 0 spiro atoms. The minimum atomic E-state index is 0.0351. The van der Waals surface area contributed by atoms with Gasteiger partial charge in [0.1, 0.15) is 0 Å². The summed E-state index contributed by atoms with van der Waals surface area (Å²) >= 11 is 0. The normalized spacial score (nSPS) is 12.8. The third kappa shape index (κ3) is 3.23. The summed E-state index contributed by atoms with van der Waals surface area (Å²) in [5.74, 6) is 0. The van der Waals surface area contributed by atoms with Gasteiger partial charge in [0.25, 0.3) is 0 Å². The maximum Gasteiger partial charge on any atom is 0.0625 e. The van der Waals surface area contributed by atoms with Crippen LogP contribution >= 0.6 is 0 Å². The highest BCUT2D eigenvalue weighted by molar-refractivity contribution is 5.15. The van der Waals surface area contributed by atoms with Crippen LogP contribution in [0.15, 0.2) is 18.5 Å². The van der Waals surface area contributed by atoms with E-state index in [0.29, 0.717) is 0 Å². The predicted molar refractivity (Wildman–Crippen MR) is 75.7 cm³/mol. The Kier molecular flexibility index (Phi) is 4.37. The van der Waals surface area contributed by atoms with Gasteiger partial charge in [-0.25, -0.2) is 0 Å². The fourth-order valence-corrected chi connectivity index (χ4v) is 2.28. The minimum Gasteiger partial charge on any atom is -0.323 e. The van der Waals surface area contributed by atoms with Crippen LogP contribution in [0.4, 0.5) is 0 Å². The maximum atomic E-state index is 6.31. The van der Waals surface area contributed by atoms with E-state index in [0.717, 1.165) is 37.2 Å². The summed E-state index contributed by atoms with van der Waals surface area (Å²) in [5.41, 5.74) is 9.80. The highest BCUT2D eigenvalue weighted by Crippen LogP contribution is 2.18. The molecule has 19 heavy (non-hydrogen) atoms. The lowest BCUT2D eigenvalue weighted by Crippen LogP contribution is -2.16. The molecule has 0 fully saturated rings. The van der Waals surface area contributed by atoms with Crippen LogP contribution < -0.4 is 5.73 Å². The molecule has 0 saturated heterocycles. The fourth-order valence-electron chi connectivity index (χ4n) is 2.28. The topological polar surface area (TPSA) is 61.7 Å². The molecule has 0 aliphatic carbocycles. The monoisotopic (exact) mass is 261 g/mol. The summed E-state index contributed by atoms with van der Waals surface area (Å²) < 4.78 is 3.85. The number of aromatic nitrogens is 4. The van der Waals surface area contributed by atoms with Crippen LogP contribution in [-0.2, 0) is 26.4 Å². The lowest BCUT2D eigenvalue weighted by molar-refractivity contribution is 0.544. The Balaban J connectivity index is 2.02. The van der Waals surface area contributed by atoms with E-state index in [4.69, 9.17) is 5.73 Å². The lowest BCUT2D eigenvalue weighted by atomic mass is 10.1. The molecule has 0 bridgehead atoms. The molecule has 0 saturated carbocycles. The SMILES string of the molecule is CCc1cc(C(N)CCc2cnn(C)c2)n(CC)n1. The lowest BCUT2D eigenvalue weighted by Gasteiger charge is -2.12. The molecule has 2 heterocycles. The molecule has 5 nitrogen and oxygen atoms in total. The Morgan fingerprint density at radius 3 is 2.74 bits per heavy atom. The Labute approximate surface area is 114 Å².